The van der Waals surface area contributed by atoms with Gasteiger partial charge in [0.1, 0.15) is 0 Å². The Labute approximate surface area is 105 Å². The van der Waals surface area contributed by atoms with Crippen LogP contribution in [0.15, 0.2) is 0 Å². The normalized spacial score (nSPS) is 10.9. The van der Waals surface area contributed by atoms with Gasteiger partial charge in [-0.2, -0.15) is 0 Å². The maximum atomic E-state index is 5.44. The molecule has 0 atom stereocenters. The lowest BCUT2D eigenvalue weighted by Crippen LogP contribution is -2.08. The smallest absolute Gasteiger partial charge is 0.0488 e. The Morgan fingerprint density at radius 1 is 0.471 bits per heavy atom. The highest BCUT2D eigenvalue weighted by atomic mass is 16.5. The molecule has 0 unspecified atom stereocenters. The maximum absolute atomic E-state index is 5.44. The van der Waals surface area contributed by atoms with Crippen molar-refractivity contribution in [1.82, 2.24) is 0 Å². The van der Waals surface area contributed by atoms with Gasteiger partial charge >= 0.3 is 0 Å². The first kappa shape index (κ1) is 16.8. The van der Waals surface area contributed by atoms with E-state index in [1.54, 1.807) is 0 Å². The van der Waals surface area contributed by atoms with Gasteiger partial charge in [-0.25, -0.2) is 0 Å². The third-order valence-electron chi connectivity index (χ3n) is 2.14. The molecule has 0 aromatic rings. The zero-order valence-corrected chi connectivity index (χ0v) is 10.9. The number of hydrogen-bond acceptors (Lipinski definition) is 5. The van der Waals surface area contributed by atoms with Gasteiger partial charge in [-0.1, -0.05) is 0 Å². The van der Waals surface area contributed by atoms with Crippen LogP contribution in [0.3, 0.4) is 0 Å². The van der Waals surface area contributed by atoms with Gasteiger partial charge in [0.05, 0.1) is 0 Å². The zero-order chi connectivity index (χ0) is 12.6. The fourth-order valence-corrected chi connectivity index (χ4v) is 1.20. The van der Waals surface area contributed by atoms with Crippen LogP contribution in [0.4, 0.5) is 0 Å². The molecule has 0 aliphatic rings. The Hall–Kier alpha value is -0.200. The van der Waals surface area contributed by atoms with Crippen LogP contribution in [0.5, 0.6) is 0 Å². The molecular formula is C12H28N2O3. The summed E-state index contributed by atoms with van der Waals surface area (Å²) in [5.41, 5.74) is 10.7. The van der Waals surface area contributed by atoms with Crippen LogP contribution in [0.1, 0.15) is 25.7 Å². The van der Waals surface area contributed by atoms with E-state index in [-0.39, 0.29) is 0 Å². The summed E-state index contributed by atoms with van der Waals surface area (Å²) in [6.45, 7) is 5.93. The van der Waals surface area contributed by atoms with E-state index in [4.69, 9.17) is 25.7 Å². The van der Waals surface area contributed by atoms with E-state index in [9.17, 15) is 0 Å². The molecule has 0 amide bonds. The summed E-state index contributed by atoms with van der Waals surface area (Å²) in [7, 11) is 0. The van der Waals surface area contributed by atoms with Crippen LogP contribution >= 0.6 is 0 Å². The molecule has 0 saturated carbocycles. The van der Waals surface area contributed by atoms with Gasteiger partial charge in [0.25, 0.3) is 0 Å². The number of rotatable bonds is 14. The third-order valence-corrected chi connectivity index (χ3v) is 2.14. The summed E-state index contributed by atoms with van der Waals surface area (Å²) < 4.78 is 16.1. The standard InChI is InChI=1S/C12H28N2O3/c13-5-1-7-15-9-3-11-17-12-4-10-16-8-2-6-14/h1-14H2. The van der Waals surface area contributed by atoms with Gasteiger partial charge < -0.3 is 25.7 Å². The van der Waals surface area contributed by atoms with E-state index >= 15 is 0 Å². The van der Waals surface area contributed by atoms with E-state index in [1.807, 2.05) is 0 Å². The number of ether oxygens (including phenoxy) is 3. The van der Waals surface area contributed by atoms with Crippen LogP contribution in [0, 0.1) is 0 Å². The van der Waals surface area contributed by atoms with Crippen LogP contribution in [0.25, 0.3) is 0 Å². The second-order valence-corrected chi connectivity index (χ2v) is 3.83. The minimum absolute atomic E-state index is 0.695. The molecule has 5 nitrogen and oxygen atoms in total. The third kappa shape index (κ3) is 15.8. The summed E-state index contributed by atoms with van der Waals surface area (Å²) in [6.07, 6.45) is 3.75. The molecule has 17 heavy (non-hydrogen) atoms. The lowest BCUT2D eigenvalue weighted by molar-refractivity contribution is 0.0630. The van der Waals surface area contributed by atoms with Crippen LogP contribution in [0.2, 0.25) is 0 Å². The summed E-state index contributed by atoms with van der Waals surface area (Å²) >= 11 is 0. The first-order valence-corrected chi connectivity index (χ1v) is 6.55. The van der Waals surface area contributed by atoms with E-state index in [0.29, 0.717) is 13.1 Å². The van der Waals surface area contributed by atoms with E-state index in [1.165, 1.54) is 0 Å². The monoisotopic (exact) mass is 248 g/mol. The zero-order valence-electron chi connectivity index (χ0n) is 10.9. The Morgan fingerprint density at radius 2 is 0.765 bits per heavy atom. The van der Waals surface area contributed by atoms with Crippen molar-refractivity contribution in [3.63, 3.8) is 0 Å². The van der Waals surface area contributed by atoms with Crippen LogP contribution in [-0.2, 0) is 14.2 Å². The molecule has 0 rings (SSSR count). The van der Waals surface area contributed by atoms with Crippen molar-refractivity contribution in [3.05, 3.63) is 0 Å². The highest BCUT2D eigenvalue weighted by Gasteiger charge is 1.92. The molecule has 0 fully saturated rings. The molecule has 0 radical (unpaired) electrons. The molecule has 5 heteroatoms. The highest BCUT2D eigenvalue weighted by molar-refractivity contribution is 4.40. The Kier molecular flexibility index (Phi) is 15.6. The average Bonchev–Trinajstić information content (AvgIpc) is 2.35. The molecule has 0 heterocycles. The lowest BCUT2D eigenvalue weighted by atomic mass is 10.4. The molecular weight excluding hydrogens is 220 g/mol. The summed E-state index contributed by atoms with van der Waals surface area (Å²) in [4.78, 5) is 0. The second-order valence-electron chi connectivity index (χ2n) is 3.83. The maximum Gasteiger partial charge on any atom is 0.0488 e. The van der Waals surface area contributed by atoms with Crippen molar-refractivity contribution in [3.8, 4) is 0 Å². The molecule has 0 aliphatic carbocycles. The summed E-state index contributed by atoms with van der Waals surface area (Å²) in [5.74, 6) is 0. The van der Waals surface area contributed by atoms with Crippen LogP contribution < -0.4 is 11.5 Å². The van der Waals surface area contributed by atoms with E-state index < -0.39 is 0 Å². The topological polar surface area (TPSA) is 79.7 Å². The molecule has 104 valence electrons. The number of nitrogens with two attached hydrogens (primary N) is 2. The number of hydrogen-bond donors (Lipinski definition) is 2. The first-order valence-electron chi connectivity index (χ1n) is 6.55. The minimum Gasteiger partial charge on any atom is -0.381 e. The van der Waals surface area contributed by atoms with Gasteiger partial charge in [-0.15, -0.1) is 0 Å². The molecule has 0 saturated heterocycles. The van der Waals surface area contributed by atoms with Gasteiger partial charge in [0, 0.05) is 39.6 Å². The molecule has 0 bridgehead atoms. The predicted molar refractivity (Wildman–Crippen MR) is 69.0 cm³/mol. The fourth-order valence-electron chi connectivity index (χ4n) is 1.20. The first-order chi connectivity index (χ1) is 8.41. The molecule has 0 spiro atoms. The fraction of sp³-hybridized carbons (Fsp3) is 1.00. The van der Waals surface area contributed by atoms with Crippen molar-refractivity contribution in [2.45, 2.75) is 25.7 Å². The van der Waals surface area contributed by atoms with E-state index in [2.05, 4.69) is 0 Å². The van der Waals surface area contributed by atoms with Crippen molar-refractivity contribution >= 4 is 0 Å². The highest BCUT2D eigenvalue weighted by Crippen LogP contribution is 1.90. The van der Waals surface area contributed by atoms with Crippen molar-refractivity contribution in [1.29, 1.82) is 0 Å². The molecule has 0 aromatic carbocycles. The van der Waals surface area contributed by atoms with Gasteiger partial charge in [-0.05, 0) is 38.8 Å². The van der Waals surface area contributed by atoms with Gasteiger partial charge in [0.2, 0.25) is 0 Å². The van der Waals surface area contributed by atoms with Gasteiger partial charge in [0.15, 0.2) is 0 Å². The summed E-state index contributed by atoms with van der Waals surface area (Å²) in [5, 5.41) is 0. The second kappa shape index (κ2) is 15.8. The van der Waals surface area contributed by atoms with Gasteiger partial charge in [-0.3, -0.25) is 0 Å². The van der Waals surface area contributed by atoms with Crippen LogP contribution in [-0.4, -0.2) is 52.7 Å². The van der Waals surface area contributed by atoms with Crippen molar-refractivity contribution in [2.75, 3.05) is 52.7 Å². The average molecular weight is 248 g/mol. The van der Waals surface area contributed by atoms with E-state index in [0.717, 1.165) is 65.3 Å². The minimum atomic E-state index is 0.695. The summed E-state index contributed by atoms with van der Waals surface area (Å²) in [6, 6.07) is 0. The quantitative estimate of drug-likeness (QED) is 0.438. The molecule has 0 aromatic heterocycles. The van der Waals surface area contributed by atoms with Crippen molar-refractivity contribution < 1.29 is 14.2 Å². The Morgan fingerprint density at radius 3 is 1.06 bits per heavy atom. The largest absolute Gasteiger partial charge is 0.381 e. The predicted octanol–water partition coefficient (Wildman–Crippen LogP) is 0.514. The Balaban J connectivity index is 2.85. The molecule has 4 N–H and O–H groups in total. The SMILES string of the molecule is NCCCOCCCOCCCOCCCN. The molecule has 0 aliphatic heterocycles. The lowest BCUT2D eigenvalue weighted by Gasteiger charge is -2.06. The Bertz CT molecular complexity index is 123. The van der Waals surface area contributed by atoms with Crippen molar-refractivity contribution in [2.24, 2.45) is 11.5 Å².